The molecule has 1 amide bonds. The molecular formula is C13H17NO3. The Kier molecular flexibility index (Phi) is 4.69. The van der Waals surface area contributed by atoms with Crippen molar-refractivity contribution in [3.8, 4) is 0 Å². The van der Waals surface area contributed by atoms with Gasteiger partial charge in [-0.05, 0) is 5.56 Å². The van der Waals surface area contributed by atoms with Crippen LogP contribution in [0.1, 0.15) is 19.4 Å². The minimum atomic E-state index is -0.952. The van der Waals surface area contributed by atoms with E-state index in [1.54, 1.807) is 6.92 Å². The molecular weight excluding hydrogens is 218 g/mol. The van der Waals surface area contributed by atoms with Crippen molar-refractivity contribution in [2.24, 2.45) is 11.8 Å². The second kappa shape index (κ2) is 6.03. The quantitative estimate of drug-likeness (QED) is 0.815. The first kappa shape index (κ1) is 13.2. The number of hydrogen-bond acceptors (Lipinski definition) is 2. The minimum absolute atomic E-state index is 0.233. The maximum absolute atomic E-state index is 11.7. The smallest absolute Gasteiger partial charge is 0.307 e. The number of amides is 1. The lowest BCUT2D eigenvalue weighted by molar-refractivity contribution is -0.146. The number of benzene rings is 1. The van der Waals surface area contributed by atoms with E-state index >= 15 is 0 Å². The third-order valence-corrected chi connectivity index (χ3v) is 2.86. The summed E-state index contributed by atoms with van der Waals surface area (Å²) >= 11 is 0. The van der Waals surface area contributed by atoms with Gasteiger partial charge in [-0.15, -0.1) is 0 Å². The highest BCUT2D eigenvalue weighted by molar-refractivity contribution is 5.84. The van der Waals surface area contributed by atoms with E-state index in [1.165, 1.54) is 6.92 Å². The molecule has 2 N–H and O–H groups in total. The van der Waals surface area contributed by atoms with Crippen LogP contribution in [0, 0.1) is 11.8 Å². The van der Waals surface area contributed by atoms with Crippen molar-refractivity contribution in [3.05, 3.63) is 35.9 Å². The molecule has 92 valence electrons. The average molecular weight is 235 g/mol. The van der Waals surface area contributed by atoms with Gasteiger partial charge in [-0.3, -0.25) is 9.59 Å². The summed E-state index contributed by atoms with van der Waals surface area (Å²) in [6.07, 6.45) is 0. The van der Waals surface area contributed by atoms with Crippen LogP contribution in [0.3, 0.4) is 0 Å². The van der Waals surface area contributed by atoms with Gasteiger partial charge in [0.05, 0.1) is 5.92 Å². The molecule has 1 aromatic carbocycles. The second-order valence-corrected chi connectivity index (χ2v) is 4.12. The van der Waals surface area contributed by atoms with Gasteiger partial charge in [-0.2, -0.15) is 0 Å². The number of aliphatic carboxylic acids is 1. The highest BCUT2D eigenvalue weighted by Crippen LogP contribution is 2.11. The van der Waals surface area contributed by atoms with Crippen molar-refractivity contribution in [2.75, 3.05) is 0 Å². The van der Waals surface area contributed by atoms with Gasteiger partial charge in [-0.25, -0.2) is 0 Å². The summed E-state index contributed by atoms with van der Waals surface area (Å²) in [6.45, 7) is 3.59. The Labute approximate surface area is 101 Å². The van der Waals surface area contributed by atoms with Crippen LogP contribution in [0.15, 0.2) is 30.3 Å². The van der Waals surface area contributed by atoms with Crippen LogP contribution < -0.4 is 5.32 Å². The Bertz CT molecular complexity index is 389. The Morgan fingerprint density at radius 3 is 2.29 bits per heavy atom. The van der Waals surface area contributed by atoms with Crippen LogP contribution in [0.4, 0.5) is 0 Å². The lowest BCUT2D eigenvalue weighted by Crippen LogP contribution is -2.34. The molecule has 0 aliphatic heterocycles. The number of carboxylic acids is 1. The average Bonchev–Trinajstić information content (AvgIpc) is 2.35. The van der Waals surface area contributed by atoms with E-state index in [-0.39, 0.29) is 5.91 Å². The van der Waals surface area contributed by atoms with Gasteiger partial charge in [0.2, 0.25) is 5.91 Å². The molecule has 0 fully saturated rings. The molecule has 17 heavy (non-hydrogen) atoms. The molecule has 0 aromatic heterocycles. The molecule has 1 rings (SSSR count). The minimum Gasteiger partial charge on any atom is -0.481 e. The molecule has 2 atom stereocenters. The van der Waals surface area contributed by atoms with E-state index < -0.39 is 17.8 Å². The first-order valence-electron chi connectivity index (χ1n) is 5.57. The van der Waals surface area contributed by atoms with Crippen molar-refractivity contribution in [1.82, 2.24) is 5.32 Å². The summed E-state index contributed by atoms with van der Waals surface area (Å²) in [5.41, 5.74) is 0.996. The van der Waals surface area contributed by atoms with Crippen molar-refractivity contribution >= 4 is 11.9 Å². The second-order valence-electron chi connectivity index (χ2n) is 4.12. The Hall–Kier alpha value is -1.84. The molecule has 0 heterocycles. The van der Waals surface area contributed by atoms with Gasteiger partial charge in [0.15, 0.2) is 0 Å². The fourth-order valence-corrected chi connectivity index (χ4v) is 1.39. The van der Waals surface area contributed by atoms with E-state index in [4.69, 9.17) is 5.11 Å². The van der Waals surface area contributed by atoms with Gasteiger partial charge >= 0.3 is 5.97 Å². The molecule has 0 saturated carbocycles. The Balaban J connectivity index is 2.47. The molecule has 0 aliphatic rings. The van der Waals surface area contributed by atoms with Crippen LogP contribution in [-0.4, -0.2) is 17.0 Å². The topological polar surface area (TPSA) is 66.4 Å². The van der Waals surface area contributed by atoms with Crippen molar-refractivity contribution in [3.63, 3.8) is 0 Å². The summed E-state index contributed by atoms with van der Waals surface area (Å²) < 4.78 is 0. The molecule has 4 nitrogen and oxygen atoms in total. The predicted octanol–water partition coefficient (Wildman–Crippen LogP) is 1.66. The number of carbonyl (C=O) groups excluding carboxylic acids is 1. The lowest BCUT2D eigenvalue weighted by Gasteiger charge is -2.15. The number of rotatable bonds is 5. The zero-order valence-electron chi connectivity index (χ0n) is 10.0. The van der Waals surface area contributed by atoms with Gasteiger partial charge in [0.25, 0.3) is 0 Å². The molecule has 0 aliphatic carbocycles. The van der Waals surface area contributed by atoms with Crippen molar-refractivity contribution in [2.45, 2.75) is 20.4 Å². The fraction of sp³-hybridized carbons (Fsp3) is 0.385. The number of hydrogen-bond donors (Lipinski definition) is 2. The Morgan fingerprint density at radius 1 is 1.18 bits per heavy atom. The normalized spacial score (nSPS) is 13.8. The largest absolute Gasteiger partial charge is 0.481 e. The number of carbonyl (C=O) groups is 2. The molecule has 0 spiro atoms. The SMILES string of the molecule is CC(C(=O)O)C(C)C(=O)NCc1ccccc1. The highest BCUT2D eigenvalue weighted by atomic mass is 16.4. The highest BCUT2D eigenvalue weighted by Gasteiger charge is 2.25. The van der Waals surface area contributed by atoms with Crippen LogP contribution in [0.5, 0.6) is 0 Å². The summed E-state index contributed by atoms with van der Waals surface area (Å²) in [5.74, 6) is -2.39. The third-order valence-electron chi connectivity index (χ3n) is 2.86. The molecule has 0 bridgehead atoms. The van der Waals surface area contributed by atoms with E-state index in [9.17, 15) is 9.59 Å². The summed E-state index contributed by atoms with van der Waals surface area (Å²) in [7, 11) is 0. The summed E-state index contributed by atoms with van der Waals surface area (Å²) in [4.78, 5) is 22.4. The molecule has 2 unspecified atom stereocenters. The van der Waals surface area contributed by atoms with Crippen molar-refractivity contribution < 1.29 is 14.7 Å². The summed E-state index contributed by atoms with van der Waals surface area (Å²) in [5, 5.41) is 11.5. The van der Waals surface area contributed by atoms with Gasteiger partial charge < -0.3 is 10.4 Å². The maximum Gasteiger partial charge on any atom is 0.307 e. The molecule has 0 radical (unpaired) electrons. The molecule has 4 heteroatoms. The first-order valence-corrected chi connectivity index (χ1v) is 5.57. The van der Waals surface area contributed by atoms with Gasteiger partial charge in [0.1, 0.15) is 0 Å². The first-order chi connectivity index (χ1) is 8.02. The molecule has 1 aromatic rings. The van der Waals surface area contributed by atoms with Crippen LogP contribution in [0.2, 0.25) is 0 Å². The van der Waals surface area contributed by atoms with E-state index in [0.29, 0.717) is 6.54 Å². The monoisotopic (exact) mass is 235 g/mol. The maximum atomic E-state index is 11.7. The van der Waals surface area contributed by atoms with Crippen LogP contribution in [0.25, 0.3) is 0 Å². The van der Waals surface area contributed by atoms with E-state index in [1.807, 2.05) is 30.3 Å². The standard InChI is InChI=1S/C13H17NO3/c1-9(10(2)13(16)17)12(15)14-8-11-6-4-3-5-7-11/h3-7,9-10H,8H2,1-2H3,(H,14,15)(H,16,17). The Morgan fingerprint density at radius 2 is 1.76 bits per heavy atom. The van der Waals surface area contributed by atoms with Crippen molar-refractivity contribution in [1.29, 1.82) is 0 Å². The summed E-state index contributed by atoms with van der Waals surface area (Å²) in [6, 6.07) is 9.51. The van der Waals surface area contributed by atoms with Crippen LogP contribution in [-0.2, 0) is 16.1 Å². The van der Waals surface area contributed by atoms with Gasteiger partial charge in [0, 0.05) is 12.5 Å². The zero-order valence-corrected chi connectivity index (χ0v) is 10.0. The fourth-order valence-electron chi connectivity index (χ4n) is 1.39. The predicted molar refractivity (Wildman–Crippen MR) is 64.3 cm³/mol. The number of carboxylic acid groups (broad SMARTS) is 1. The van der Waals surface area contributed by atoms with E-state index in [2.05, 4.69) is 5.32 Å². The third kappa shape index (κ3) is 3.90. The van der Waals surface area contributed by atoms with E-state index in [0.717, 1.165) is 5.56 Å². The molecule has 0 saturated heterocycles. The number of nitrogens with one attached hydrogen (secondary N) is 1. The van der Waals surface area contributed by atoms with Gasteiger partial charge in [-0.1, -0.05) is 44.2 Å². The van der Waals surface area contributed by atoms with Crippen LogP contribution >= 0.6 is 0 Å². The lowest BCUT2D eigenvalue weighted by atomic mass is 9.95. The zero-order chi connectivity index (χ0) is 12.8.